The van der Waals surface area contributed by atoms with E-state index in [1.54, 1.807) is 11.3 Å². The molecule has 1 aliphatic heterocycles. The molecule has 0 bridgehead atoms. The zero-order valence-corrected chi connectivity index (χ0v) is 21.9. The Balaban J connectivity index is 1.44. The number of likely N-dealkylation sites (tertiary alicyclic amines) is 1. The lowest BCUT2D eigenvalue weighted by Gasteiger charge is -2.46. The molecule has 2 heterocycles. The Hall–Kier alpha value is -2.67. The van der Waals surface area contributed by atoms with E-state index in [0.29, 0.717) is 6.42 Å². The predicted molar refractivity (Wildman–Crippen MR) is 144 cm³/mol. The van der Waals surface area contributed by atoms with Gasteiger partial charge in [0, 0.05) is 35.5 Å². The number of ether oxygens (including phenoxy) is 1. The van der Waals surface area contributed by atoms with E-state index in [1.165, 1.54) is 10.4 Å². The average Bonchev–Trinajstić information content (AvgIpc) is 3.43. The molecule has 0 saturated carbocycles. The first-order chi connectivity index (χ1) is 17.0. The molecule has 1 unspecified atom stereocenters. The van der Waals surface area contributed by atoms with Crippen molar-refractivity contribution in [2.45, 2.75) is 37.3 Å². The summed E-state index contributed by atoms with van der Waals surface area (Å²) in [6.07, 6.45) is 3.06. The number of hydrogen-bond acceptors (Lipinski definition) is 5. The molecule has 1 fully saturated rings. The fourth-order valence-corrected chi connectivity index (χ4v) is 5.86. The fourth-order valence-electron chi connectivity index (χ4n) is 5.07. The van der Waals surface area contributed by atoms with E-state index in [0.717, 1.165) is 50.2 Å². The van der Waals surface area contributed by atoms with Gasteiger partial charge in [-0.25, -0.2) is 0 Å². The summed E-state index contributed by atoms with van der Waals surface area (Å²) < 4.78 is 6.50. The molecule has 6 heteroatoms. The minimum atomic E-state index is -0.0275. The highest BCUT2D eigenvalue weighted by Crippen LogP contribution is 2.37. The predicted octanol–water partition coefficient (Wildman–Crippen LogP) is 5.10. The van der Waals surface area contributed by atoms with Gasteiger partial charge in [0.1, 0.15) is 11.9 Å². The topological polar surface area (TPSA) is 44.8 Å². The smallest absolute Gasteiger partial charge is 0.227 e. The van der Waals surface area contributed by atoms with Crippen LogP contribution in [0, 0.1) is 0 Å². The van der Waals surface area contributed by atoms with Crippen LogP contribution in [0.2, 0.25) is 0 Å². The summed E-state index contributed by atoms with van der Waals surface area (Å²) in [5.74, 6) is 0.976. The highest BCUT2D eigenvalue weighted by Gasteiger charge is 2.39. The van der Waals surface area contributed by atoms with Crippen LogP contribution in [0.1, 0.15) is 41.4 Å². The molecule has 186 valence electrons. The molecule has 0 spiro atoms. The van der Waals surface area contributed by atoms with Gasteiger partial charge in [0.25, 0.3) is 0 Å². The maximum atomic E-state index is 13.4. The van der Waals surface area contributed by atoms with Crippen molar-refractivity contribution in [1.29, 1.82) is 0 Å². The Labute approximate surface area is 213 Å². The quantitative estimate of drug-likeness (QED) is 0.429. The second-order valence-electron chi connectivity index (χ2n) is 9.47. The van der Waals surface area contributed by atoms with Crippen molar-refractivity contribution in [3.05, 3.63) is 88.1 Å². The summed E-state index contributed by atoms with van der Waals surface area (Å²) in [6, 6.07) is 22.9. The number of para-hydroxylation sites is 1. The van der Waals surface area contributed by atoms with E-state index in [2.05, 4.69) is 72.2 Å². The zero-order chi connectivity index (χ0) is 24.7. The summed E-state index contributed by atoms with van der Waals surface area (Å²) in [5.41, 5.74) is 2.26. The van der Waals surface area contributed by atoms with E-state index in [-0.39, 0.29) is 17.6 Å². The lowest BCUT2D eigenvalue weighted by molar-refractivity contribution is -0.133. The lowest BCUT2D eigenvalue weighted by atomic mass is 9.79. The number of nitrogens with zero attached hydrogens (tertiary/aromatic N) is 2. The van der Waals surface area contributed by atoms with Crippen LogP contribution in [0.3, 0.4) is 0 Å². The molecular formula is C29H37N3O2S. The molecule has 5 nitrogen and oxygen atoms in total. The maximum Gasteiger partial charge on any atom is 0.227 e. The SMILES string of the molecule is CNCCC(Oc1ccccc1CC(=O)N1CCC(c2ccccc2)(N(C)C)CC1)c1cccs1. The van der Waals surface area contributed by atoms with Crippen molar-refractivity contribution in [3.63, 3.8) is 0 Å². The van der Waals surface area contributed by atoms with Crippen molar-refractivity contribution in [2.75, 3.05) is 40.8 Å². The number of benzene rings is 2. The first-order valence-corrected chi connectivity index (χ1v) is 13.3. The van der Waals surface area contributed by atoms with Gasteiger partial charge in [-0.3, -0.25) is 9.69 Å². The van der Waals surface area contributed by atoms with Crippen molar-refractivity contribution in [3.8, 4) is 5.75 Å². The monoisotopic (exact) mass is 491 g/mol. The summed E-state index contributed by atoms with van der Waals surface area (Å²) in [5, 5.41) is 5.31. The second-order valence-corrected chi connectivity index (χ2v) is 10.5. The zero-order valence-electron chi connectivity index (χ0n) is 21.1. The fraction of sp³-hybridized carbons (Fsp3) is 0.414. The minimum absolute atomic E-state index is 0.0275. The molecule has 1 aromatic heterocycles. The molecule has 0 radical (unpaired) electrons. The van der Waals surface area contributed by atoms with Crippen molar-refractivity contribution in [2.24, 2.45) is 0 Å². The number of hydrogen-bond donors (Lipinski definition) is 1. The van der Waals surface area contributed by atoms with E-state index in [9.17, 15) is 4.79 Å². The van der Waals surface area contributed by atoms with Gasteiger partial charge in [-0.2, -0.15) is 0 Å². The van der Waals surface area contributed by atoms with Crippen LogP contribution in [-0.2, 0) is 16.8 Å². The molecular weight excluding hydrogens is 454 g/mol. The number of carbonyl (C=O) groups is 1. The Morgan fingerprint density at radius 1 is 1.06 bits per heavy atom. The third kappa shape index (κ3) is 5.95. The van der Waals surface area contributed by atoms with Crippen LogP contribution in [-0.4, -0.2) is 56.5 Å². The van der Waals surface area contributed by atoms with Gasteiger partial charge in [0.15, 0.2) is 0 Å². The number of thiophene rings is 1. The number of piperidine rings is 1. The third-order valence-electron chi connectivity index (χ3n) is 7.21. The van der Waals surface area contributed by atoms with E-state index in [4.69, 9.17) is 4.74 Å². The van der Waals surface area contributed by atoms with Gasteiger partial charge in [0.2, 0.25) is 5.91 Å². The first-order valence-electron chi connectivity index (χ1n) is 12.5. The number of rotatable bonds is 10. The van der Waals surface area contributed by atoms with Crippen molar-refractivity contribution < 1.29 is 9.53 Å². The largest absolute Gasteiger partial charge is 0.485 e. The number of carbonyl (C=O) groups excluding carboxylic acids is 1. The molecule has 1 aliphatic rings. The highest BCUT2D eigenvalue weighted by atomic mass is 32.1. The third-order valence-corrected chi connectivity index (χ3v) is 8.18. The maximum absolute atomic E-state index is 13.4. The van der Waals surface area contributed by atoms with Crippen LogP contribution < -0.4 is 10.1 Å². The van der Waals surface area contributed by atoms with Gasteiger partial charge in [-0.1, -0.05) is 54.6 Å². The summed E-state index contributed by atoms with van der Waals surface area (Å²) in [6.45, 7) is 2.39. The highest BCUT2D eigenvalue weighted by molar-refractivity contribution is 7.10. The molecule has 35 heavy (non-hydrogen) atoms. The Morgan fingerprint density at radius 2 is 1.77 bits per heavy atom. The van der Waals surface area contributed by atoms with Gasteiger partial charge < -0.3 is 15.0 Å². The van der Waals surface area contributed by atoms with Crippen molar-refractivity contribution >= 4 is 17.2 Å². The van der Waals surface area contributed by atoms with E-state index >= 15 is 0 Å². The van der Waals surface area contributed by atoms with E-state index < -0.39 is 0 Å². The molecule has 0 aliphatic carbocycles. The lowest BCUT2D eigenvalue weighted by Crippen LogP contribution is -2.52. The minimum Gasteiger partial charge on any atom is -0.485 e. The van der Waals surface area contributed by atoms with Crippen LogP contribution in [0.4, 0.5) is 0 Å². The first kappa shape index (κ1) is 25.4. The van der Waals surface area contributed by atoms with Gasteiger partial charge in [0.05, 0.1) is 6.42 Å². The molecule has 2 aromatic carbocycles. The Morgan fingerprint density at radius 3 is 2.43 bits per heavy atom. The summed E-state index contributed by atoms with van der Waals surface area (Å²) in [7, 11) is 6.26. The standard InChI is InChI=1S/C29H37N3O2S/c1-30-18-15-26(27-14-9-21-35-27)34-25-13-8-7-10-23(25)22-28(33)32-19-16-29(17-20-32,31(2)3)24-11-5-4-6-12-24/h4-14,21,26,30H,15-20,22H2,1-3H3. The van der Waals surface area contributed by atoms with Crippen LogP contribution >= 0.6 is 11.3 Å². The van der Waals surface area contributed by atoms with E-state index in [1.807, 2.05) is 36.2 Å². The van der Waals surface area contributed by atoms with Crippen molar-refractivity contribution in [1.82, 2.24) is 15.1 Å². The Kier molecular flexibility index (Phi) is 8.60. The normalized spacial score (nSPS) is 16.3. The molecule has 1 amide bonds. The van der Waals surface area contributed by atoms with Gasteiger partial charge >= 0.3 is 0 Å². The average molecular weight is 492 g/mol. The van der Waals surface area contributed by atoms with Gasteiger partial charge in [-0.05, 0) is 63.6 Å². The van der Waals surface area contributed by atoms with Gasteiger partial charge in [-0.15, -0.1) is 11.3 Å². The molecule has 1 saturated heterocycles. The molecule has 1 atom stereocenters. The summed E-state index contributed by atoms with van der Waals surface area (Å²) in [4.78, 5) is 18.9. The Bertz CT molecular complexity index is 1060. The number of amides is 1. The molecule has 3 aromatic rings. The van der Waals surface area contributed by atoms with Crippen LogP contribution in [0.5, 0.6) is 5.75 Å². The number of nitrogens with one attached hydrogen (secondary N) is 1. The molecule has 1 N–H and O–H groups in total. The van der Waals surface area contributed by atoms with Crippen LogP contribution in [0.25, 0.3) is 0 Å². The molecule has 4 rings (SSSR count). The van der Waals surface area contributed by atoms with Crippen LogP contribution in [0.15, 0.2) is 72.1 Å². The summed E-state index contributed by atoms with van der Waals surface area (Å²) >= 11 is 1.71. The second kappa shape index (κ2) is 11.8.